The highest BCUT2D eigenvalue weighted by Gasteiger charge is 2.21. The average Bonchev–Trinajstić information content (AvgIpc) is 3.54. The molecule has 184 valence electrons. The van der Waals surface area contributed by atoms with Gasteiger partial charge in [0, 0.05) is 56.1 Å². The lowest BCUT2D eigenvalue weighted by atomic mass is 10.2. The summed E-state index contributed by atoms with van der Waals surface area (Å²) >= 11 is 0. The van der Waals surface area contributed by atoms with Gasteiger partial charge in [-0.1, -0.05) is 30.3 Å². The van der Waals surface area contributed by atoms with Crippen LogP contribution in [0.15, 0.2) is 60.9 Å². The molecular formula is C27H29N7O2. The predicted octanol–water partition coefficient (Wildman–Crippen LogP) is 3.70. The number of benzene rings is 2. The molecule has 6 rings (SSSR count). The van der Waals surface area contributed by atoms with Gasteiger partial charge < -0.3 is 24.4 Å². The average molecular weight is 484 g/mol. The summed E-state index contributed by atoms with van der Waals surface area (Å²) in [5.74, 6) is 1.52. The second-order valence-corrected chi connectivity index (χ2v) is 9.13. The lowest BCUT2D eigenvalue weighted by molar-refractivity contribution is -0.127. The number of morpholine rings is 1. The van der Waals surface area contributed by atoms with Crippen molar-refractivity contribution in [1.82, 2.24) is 24.4 Å². The van der Waals surface area contributed by atoms with Gasteiger partial charge >= 0.3 is 0 Å². The van der Waals surface area contributed by atoms with E-state index in [1.54, 1.807) is 6.33 Å². The largest absolute Gasteiger partial charge is 0.378 e. The molecule has 9 nitrogen and oxygen atoms in total. The molecule has 0 radical (unpaired) electrons. The van der Waals surface area contributed by atoms with E-state index in [-0.39, 0.29) is 5.91 Å². The van der Waals surface area contributed by atoms with Crippen LogP contribution >= 0.6 is 0 Å². The summed E-state index contributed by atoms with van der Waals surface area (Å²) < 4.78 is 7.49. The van der Waals surface area contributed by atoms with Gasteiger partial charge in [0.05, 0.1) is 19.5 Å². The van der Waals surface area contributed by atoms with Crippen LogP contribution in [0.3, 0.4) is 0 Å². The first-order valence-electron chi connectivity index (χ1n) is 12.5. The third-order valence-electron chi connectivity index (χ3n) is 6.78. The Bertz CT molecular complexity index is 1350. The molecule has 0 saturated carbocycles. The Morgan fingerprint density at radius 2 is 1.72 bits per heavy atom. The number of ether oxygens (including phenoxy) is 1. The first-order valence-corrected chi connectivity index (χ1v) is 12.5. The minimum atomic E-state index is 0.224. The van der Waals surface area contributed by atoms with Gasteiger partial charge in [0.15, 0.2) is 22.8 Å². The predicted molar refractivity (Wildman–Crippen MR) is 139 cm³/mol. The van der Waals surface area contributed by atoms with E-state index in [9.17, 15) is 4.79 Å². The number of carbonyl (C=O) groups is 1. The molecule has 9 heteroatoms. The maximum atomic E-state index is 12.1. The van der Waals surface area contributed by atoms with Gasteiger partial charge in [-0.2, -0.15) is 0 Å². The Balaban J connectivity index is 1.31. The maximum absolute atomic E-state index is 12.1. The highest BCUT2D eigenvalue weighted by molar-refractivity contribution is 5.87. The number of nitrogens with zero attached hydrogens (tertiary/aromatic N) is 6. The van der Waals surface area contributed by atoms with Crippen LogP contribution in [0.25, 0.3) is 22.6 Å². The molecular weight excluding hydrogens is 454 g/mol. The monoisotopic (exact) mass is 483 g/mol. The fourth-order valence-corrected chi connectivity index (χ4v) is 4.79. The molecule has 0 atom stereocenters. The zero-order valence-corrected chi connectivity index (χ0v) is 20.1. The molecule has 2 aromatic carbocycles. The molecule has 0 aliphatic carbocycles. The summed E-state index contributed by atoms with van der Waals surface area (Å²) in [7, 11) is 0. The standard InChI is InChI=1S/C27H29N7O2/c35-23-7-4-12-33(23)13-14-34-19-28-24-26(30-25(31-27(24)34)20-5-2-1-3-6-20)29-21-8-10-22(11-9-21)32-15-17-36-18-16-32/h1-3,5-6,8-11,19H,4,7,12-18H2,(H,29,30,31). The van der Waals surface area contributed by atoms with E-state index in [1.165, 1.54) is 5.69 Å². The number of fused-ring (bicyclic) bond motifs is 1. The first kappa shape index (κ1) is 22.5. The number of amides is 1. The molecule has 1 amide bonds. The molecule has 1 N–H and O–H groups in total. The number of hydrogen-bond acceptors (Lipinski definition) is 7. The summed E-state index contributed by atoms with van der Waals surface area (Å²) in [6.45, 7) is 5.44. The van der Waals surface area contributed by atoms with E-state index in [2.05, 4.69) is 39.5 Å². The van der Waals surface area contributed by atoms with Gasteiger partial charge in [-0.15, -0.1) is 0 Å². The van der Waals surface area contributed by atoms with Crippen LogP contribution in [0.5, 0.6) is 0 Å². The SMILES string of the molecule is O=C1CCCN1CCn1cnc2c(Nc3ccc(N4CCOCC4)cc3)nc(-c3ccccc3)nc21. The number of hydrogen-bond donors (Lipinski definition) is 1. The Hall–Kier alpha value is -3.98. The molecule has 2 saturated heterocycles. The minimum absolute atomic E-state index is 0.224. The van der Waals surface area contributed by atoms with Gasteiger partial charge in [0.25, 0.3) is 0 Å². The number of carbonyl (C=O) groups excluding carboxylic acids is 1. The molecule has 4 aromatic rings. The summed E-state index contributed by atoms with van der Waals surface area (Å²) in [6, 6.07) is 18.3. The molecule has 2 fully saturated rings. The summed E-state index contributed by atoms with van der Waals surface area (Å²) in [4.78, 5) is 30.7. The van der Waals surface area contributed by atoms with Crippen molar-refractivity contribution in [3.63, 3.8) is 0 Å². The fraction of sp³-hybridized carbons (Fsp3) is 0.333. The molecule has 0 unspecified atom stereocenters. The molecule has 2 aliphatic rings. The van der Waals surface area contributed by atoms with Gasteiger partial charge in [0.2, 0.25) is 5.91 Å². The van der Waals surface area contributed by atoms with Crippen molar-refractivity contribution < 1.29 is 9.53 Å². The van der Waals surface area contributed by atoms with Crippen molar-refractivity contribution in [3.8, 4) is 11.4 Å². The number of aromatic nitrogens is 4. The lowest BCUT2D eigenvalue weighted by Crippen LogP contribution is -2.36. The van der Waals surface area contributed by atoms with Crippen LogP contribution in [0.1, 0.15) is 12.8 Å². The van der Waals surface area contributed by atoms with Crippen LogP contribution < -0.4 is 10.2 Å². The van der Waals surface area contributed by atoms with Crippen molar-refractivity contribution in [1.29, 1.82) is 0 Å². The molecule has 0 spiro atoms. The summed E-state index contributed by atoms with van der Waals surface area (Å²) in [6.07, 6.45) is 3.37. The lowest BCUT2D eigenvalue weighted by Gasteiger charge is -2.28. The van der Waals surface area contributed by atoms with Gasteiger partial charge in [-0.25, -0.2) is 15.0 Å². The van der Waals surface area contributed by atoms with Crippen molar-refractivity contribution >= 4 is 34.3 Å². The summed E-state index contributed by atoms with van der Waals surface area (Å²) in [5, 5.41) is 3.47. The van der Waals surface area contributed by atoms with E-state index >= 15 is 0 Å². The van der Waals surface area contributed by atoms with Crippen molar-refractivity contribution in [2.24, 2.45) is 0 Å². The normalized spacial score (nSPS) is 16.2. The molecule has 2 aliphatic heterocycles. The Labute approximate surface area is 209 Å². The van der Waals surface area contributed by atoms with E-state index in [1.807, 2.05) is 39.8 Å². The number of anilines is 3. The van der Waals surface area contributed by atoms with Gasteiger partial charge in [-0.3, -0.25) is 4.79 Å². The maximum Gasteiger partial charge on any atom is 0.222 e. The highest BCUT2D eigenvalue weighted by Crippen LogP contribution is 2.28. The van der Waals surface area contributed by atoms with Gasteiger partial charge in [-0.05, 0) is 30.7 Å². The highest BCUT2D eigenvalue weighted by atomic mass is 16.5. The molecule has 2 aromatic heterocycles. The molecule has 4 heterocycles. The molecule has 0 bridgehead atoms. The molecule has 36 heavy (non-hydrogen) atoms. The van der Waals surface area contributed by atoms with Crippen molar-refractivity contribution in [2.75, 3.05) is 49.6 Å². The number of imidazole rings is 1. The van der Waals surface area contributed by atoms with Gasteiger partial charge in [0.1, 0.15) is 0 Å². The Morgan fingerprint density at radius 3 is 2.47 bits per heavy atom. The van der Waals surface area contributed by atoms with E-state index < -0.39 is 0 Å². The summed E-state index contributed by atoms with van der Waals surface area (Å²) in [5.41, 5.74) is 4.51. The zero-order valence-electron chi connectivity index (χ0n) is 20.1. The fourth-order valence-electron chi connectivity index (χ4n) is 4.79. The second kappa shape index (κ2) is 9.94. The number of likely N-dealkylation sites (tertiary alicyclic amines) is 1. The minimum Gasteiger partial charge on any atom is -0.378 e. The van der Waals surface area contributed by atoms with E-state index in [0.717, 1.165) is 56.2 Å². The van der Waals surface area contributed by atoms with Crippen LogP contribution in [0, 0.1) is 0 Å². The van der Waals surface area contributed by atoms with Crippen LogP contribution in [0.2, 0.25) is 0 Å². The van der Waals surface area contributed by atoms with E-state index in [4.69, 9.17) is 14.7 Å². The first-order chi connectivity index (χ1) is 17.7. The third kappa shape index (κ3) is 4.61. The zero-order chi connectivity index (χ0) is 24.3. The second-order valence-electron chi connectivity index (χ2n) is 9.13. The smallest absolute Gasteiger partial charge is 0.222 e. The van der Waals surface area contributed by atoms with Crippen LogP contribution in [-0.2, 0) is 16.1 Å². The van der Waals surface area contributed by atoms with Crippen LogP contribution in [-0.4, -0.2) is 69.7 Å². The quantitative estimate of drug-likeness (QED) is 0.429. The number of nitrogens with one attached hydrogen (secondary N) is 1. The van der Waals surface area contributed by atoms with Crippen molar-refractivity contribution in [3.05, 3.63) is 60.9 Å². The van der Waals surface area contributed by atoms with E-state index in [0.29, 0.717) is 36.7 Å². The topological polar surface area (TPSA) is 88.4 Å². The Kier molecular flexibility index (Phi) is 6.21. The Morgan fingerprint density at radius 1 is 0.917 bits per heavy atom. The van der Waals surface area contributed by atoms with Crippen LogP contribution in [0.4, 0.5) is 17.2 Å². The van der Waals surface area contributed by atoms with Crippen molar-refractivity contribution in [2.45, 2.75) is 19.4 Å². The third-order valence-corrected chi connectivity index (χ3v) is 6.78. The number of rotatable bonds is 7.